The average molecular weight is 307 g/mol. The summed E-state index contributed by atoms with van der Waals surface area (Å²) in [5.41, 5.74) is 0. The normalized spacial score (nSPS) is 13.2. The molecule has 0 amide bonds. The lowest BCUT2D eigenvalue weighted by atomic mass is 10.3. The Hall–Kier alpha value is 0.180. The van der Waals surface area contributed by atoms with Crippen LogP contribution in [-0.2, 0) is 18.2 Å². The average Bonchev–Trinajstić information content (AvgIpc) is 2.17. The largest absolute Gasteiger partial charge is 0.469 e. The third kappa shape index (κ3) is 14.2. The van der Waals surface area contributed by atoms with Gasteiger partial charge in [0.05, 0.1) is 13.2 Å². The minimum absolute atomic E-state index is 0.0480. The van der Waals surface area contributed by atoms with E-state index in [0.717, 1.165) is 0 Å². The van der Waals surface area contributed by atoms with Gasteiger partial charge in [-0.3, -0.25) is 9.05 Å². The summed E-state index contributed by atoms with van der Waals surface area (Å²) >= 11 is 0. The number of rotatable bonds is 10. The van der Waals surface area contributed by atoms with E-state index >= 15 is 0 Å². The van der Waals surface area contributed by atoms with Crippen molar-refractivity contribution in [2.75, 3.05) is 33.4 Å². The molecule has 11 heteroatoms. The van der Waals surface area contributed by atoms with Crippen LogP contribution in [0.2, 0.25) is 0 Å². The highest BCUT2D eigenvalue weighted by Gasteiger charge is 2.14. The predicted molar refractivity (Wildman–Crippen MR) is 62.7 cm³/mol. The van der Waals surface area contributed by atoms with Crippen LogP contribution in [0.1, 0.15) is 12.8 Å². The Morgan fingerprint density at radius 2 is 1.22 bits per heavy atom. The van der Waals surface area contributed by atoms with Crippen molar-refractivity contribution >= 4 is 15.6 Å². The zero-order valence-corrected chi connectivity index (χ0v) is 11.8. The first-order valence-corrected chi connectivity index (χ1v) is 8.25. The topological polar surface area (TPSA) is 137 Å². The summed E-state index contributed by atoms with van der Waals surface area (Å²) in [6.45, 7) is 1.01. The van der Waals surface area contributed by atoms with Gasteiger partial charge >= 0.3 is 15.6 Å². The molecule has 0 fully saturated rings. The molecule has 4 N–H and O–H groups in total. The number of hydrogen-bond acceptors (Lipinski definition) is 5. The number of phosphoric acid groups is 2. The molecular formula is C7H19NO8P2. The minimum Gasteiger partial charge on any atom is -0.306 e. The number of hydrogen-bond donors (Lipinski definition) is 4. The van der Waals surface area contributed by atoms with Crippen molar-refractivity contribution in [3.05, 3.63) is 0 Å². The molecule has 0 aromatic carbocycles. The van der Waals surface area contributed by atoms with Crippen molar-refractivity contribution in [3.63, 3.8) is 0 Å². The maximum Gasteiger partial charge on any atom is 0.469 e. The lowest BCUT2D eigenvalue weighted by Crippen LogP contribution is -2.22. The molecule has 0 aliphatic carbocycles. The molecule has 0 aliphatic rings. The summed E-state index contributed by atoms with van der Waals surface area (Å²) < 4.78 is 29.2. The molecule has 0 spiro atoms. The Labute approximate surface area is 105 Å². The molecule has 0 radical (unpaired) electrons. The van der Waals surface area contributed by atoms with Gasteiger partial charge in [-0.25, -0.2) is 9.13 Å². The molecule has 0 bridgehead atoms. The van der Waals surface area contributed by atoms with Gasteiger partial charge in [-0.05, 0) is 19.9 Å². The van der Waals surface area contributed by atoms with E-state index in [1.165, 1.54) is 0 Å². The highest BCUT2D eigenvalue weighted by atomic mass is 31.2. The fourth-order valence-electron chi connectivity index (χ4n) is 1.15. The first kappa shape index (κ1) is 18.2. The molecule has 18 heavy (non-hydrogen) atoms. The summed E-state index contributed by atoms with van der Waals surface area (Å²) in [6, 6.07) is 0. The fraction of sp³-hybridized carbons (Fsp3) is 1.00. The van der Waals surface area contributed by atoms with Gasteiger partial charge in [-0.1, -0.05) is 0 Å². The molecule has 0 unspecified atom stereocenters. The van der Waals surface area contributed by atoms with Crippen molar-refractivity contribution in [1.82, 2.24) is 4.90 Å². The summed E-state index contributed by atoms with van der Waals surface area (Å²) in [7, 11) is -7.02. The fourth-order valence-corrected chi connectivity index (χ4v) is 1.88. The quantitative estimate of drug-likeness (QED) is 0.322. The molecule has 0 aromatic rings. The van der Waals surface area contributed by atoms with E-state index in [2.05, 4.69) is 9.05 Å². The van der Waals surface area contributed by atoms with Crippen LogP contribution in [0.5, 0.6) is 0 Å². The van der Waals surface area contributed by atoms with E-state index < -0.39 is 15.6 Å². The smallest absolute Gasteiger partial charge is 0.306 e. The SMILES string of the molecule is CN(CCCOP(=O)(O)O)CCCOP(=O)(O)O. The predicted octanol–water partition coefficient (Wildman–Crippen LogP) is -0.0830. The maximum absolute atomic E-state index is 10.3. The molecular weight excluding hydrogens is 288 g/mol. The zero-order valence-electron chi connectivity index (χ0n) is 10.0. The first-order valence-electron chi connectivity index (χ1n) is 5.19. The second kappa shape index (κ2) is 8.37. The molecule has 0 aromatic heterocycles. The maximum atomic E-state index is 10.3. The molecule has 0 atom stereocenters. The second-order valence-electron chi connectivity index (χ2n) is 3.66. The number of phosphoric ester groups is 2. The van der Waals surface area contributed by atoms with Crippen molar-refractivity contribution in [2.45, 2.75) is 12.8 Å². The molecule has 110 valence electrons. The first-order chi connectivity index (χ1) is 8.10. The third-order valence-electron chi connectivity index (χ3n) is 1.89. The van der Waals surface area contributed by atoms with E-state index in [1.54, 1.807) is 7.05 Å². The monoisotopic (exact) mass is 307 g/mol. The van der Waals surface area contributed by atoms with E-state index in [-0.39, 0.29) is 13.2 Å². The van der Waals surface area contributed by atoms with Gasteiger partial charge in [0.15, 0.2) is 0 Å². The lowest BCUT2D eigenvalue weighted by molar-refractivity contribution is 0.175. The van der Waals surface area contributed by atoms with E-state index in [9.17, 15) is 9.13 Å². The second-order valence-corrected chi connectivity index (χ2v) is 6.14. The third-order valence-corrected chi connectivity index (χ3v) is 2.93. The molecule has 0 rings (SSSR count). The van der Waals surface area contributed by atoms with Gasteiger partial charge in [-0.15, -0.1) is 0 Å². The van der Waals surface area contributed by atoms with Crippen LogP contribution < -0.4 is 0 Å². The van der Waals surface area contributed by atoms with E-state index in [1.807, 2.05) is 4.90 Å². The van der Waals surface area contributed by atoms with Crippen LogP contribution in [0.15, 0.2) is 0 Å². The van der Waals surface area contributed by atoms with E-state index in [4.69, 9.17) is 19.6 Å². The number of nitrogens with zero attached hydrogens (tertiary/aromatic N) is 1. The summed E-state index contributed by atoms with van der Waals surface area (Å²) in [4.78, 5) is 35.5. The zero-order chi connectivity index (χ0) is 14.2. The highest BCUT2D eigenvalue weighted by Crippen LogP contribution is 2.36. The van der Waals surface area contributed by atoms with Crippen molar-refractivity contribution < 1.29 is 37.8 Å². The Balaban J connectivity index is 3.46. The summed E-state index contributed by atoms with van der Waals surface area (Å²) in [6.07, 6.45) is 0.891. The van der Waals surface area contributed by atoms with Crippen LogP contribution >= 0.6 is 15.6 Å². The van der Waals surface area contributed by atoms with Gasteiger partial charge in [0.25, 0.3) is 0 Å². The molecule has 0 saturated carbocycles. The van der Waals surface area contributed by atoms with Crippen LogP contribution in [-0.4, -0.2) is 57.8 Å². The molecule has 0 aliphatic heterocycles. The van der Waals surface area contributed by atoms with Crippen LogP contribution in [0.3, 0.4) is 0 Å². The van der Waals surface area contributed by atoms with Crippen LogP contribution in [0, 0.1) is 0 Å². The van der Waals surface area contributed by atoms with Gasteiger partial charge in [0.2, 0.25) is 0 Å². The van der Waals surface area contributed by atoms with Crippen LogP contribution in [0.25, 0.3) is 0 Å². The van der Waals surface area contributed by atoms with Gasteiger partial charge in [-0.2, -0.15) is 0 Å². The summed E-state index contributed by atoms with van der Waals surface area (Å²) in [5.74, 6) is 0. The van der Waals surface area contributed by atoms with Gasteiger partial charge in [0, 0.05) is 13.1 Å². The van der Waals surface area contributed by atoms with Gasteiger partial charge < -0.3 is 24.5 Å². The summed E-state index contributed by atoms with van der Waals surface area (Å²) in [5, 5.41) is 0. The van der Waals surface area contributed by atoms with Crippen molar-refractivity contribution in [1.29, 1.82) is 0 Å². The molecule has 0 heterocycles. The van der Waals surface area contributed by atoms with Crippen LogP contribution in [0.4, 0.5) is 0 Å². The Kier molecular flexibility index (Phi) is 8.45. The Morgan fingerprint density at radius 3 is 1.50 bits per heavy atom. The standard InChI is InChI=1S/C7H19NO8P2/c1-8(4-2-6-15-17(9,10)11)5-3-7-16-18(12,13)14/h2-7H2,1H3,(H2,9,10,11)(H2,12,13,14). The molecule has 0 saturated heterocycles. The van der Waals surface area contributed by atoms with Crippen molar-refractivity contribution in [2.24, 2.45) is 0 Å². The lowest BCUT2D eigenvalue weighted by Gasteiger charge is -2.16. The minimum atomic E-state index is -4.40. The Bertz CT molecular complexity index is 283. The van der Waals surface area contributed by atoms with E-state index in [0.29, 0.717) is 25.9 Å². The van der Waals surface area contributed by atoms with Crippen molar-refractivity contribution in [3.8, 4) is 0 Å². The Morgan fingerprint density at radius 1 is 0.889 bits per heavy atom. The highest BCUT2D eigenvalue weighted by molar-refractivity contribution is 7.46. The van der Waals surface area contributed by atoms with Gasteiger partial charge in [0.1, 0.15) is 0 Å². The molecule has 9 nitrogen and oxygen atoms in total.